The molecular formula is C11H19NO3S. The summed E-state index contributed by atoms with van der Waals surface area (Å²) in [5.74, 6) is 0.130. The molecule has 0 radical (unpaired) electrons. The van der Waals surface area contributed by atoms with Crippen LogP contribution >= 0.6 is 0 Å². The maximum Gasteiger partial charge on any atom is 0.149 e. The first-order valence-corrected chi connectivity index (χ1v) is 7.50. The van der Waals surface area contributed by atoms with Crippen LogP contribution in [0.25, 0.3) is 0 Å². The molecule has 1 rings (SSSR count). The molecule has 5 heteroatoms. The smallest absolute Gasteiger partial charge is 0.149 e. The third-order valence-corrected chi connectivity index (χ3v) is 3.36. The van der Waals surface area contributed by atoms with Crippen LogP contribution in [-0.4, -0.2) is 30.1 Å². The third-order valence-electron chi connectivity index (χ3n) is 2.44. The SMILES string of the molecule is CCCC(O)c1ccn(CCS(C)(=O)=O)c1. The van der Waals surface area contributed by atoms with Gasteiger partial charge in [0.1, 0.15) is 9.84 Å². The number of hydrogen-bond acceptors (Lipinski definition) is 3. The van der Waals surface area contributed by atoms with Gasteiger partial charge in [-0.25, -0.2) is 8.42 Å². The lowest BCUT2D eigenvalue weighted by molar-refractivity contribution is 0.166. The molecule has 0 bridgehead atoms. The number of aryl methyl sites for hydroxylation is 1. The molecule has 0 aliphatic heterocycles. The summed E-state index contributed by atoms with van der Waals surface area (Å²) >= 11 is 0. The van der Waals surface area contributed by atoms with Gasteiger partial charge in [-0.15, -0.1) is 0 Å². The molecule has 1 unspecified atom stereocenters. The number of aliphatic hydroxyl groups excluding tert-OH is 1. The van der Waals surface area contributed by atoms with Crippen molar-refractivity contribution in [1.29, 1.82) is 0 Å². The van der Waals surface area contributed by atoms with Crippen LogP contribution in [0, 0.1) is 0 Å². The van der Waals surface area contributed by atoms with E-state index < -0.39 is 15.9 Å². The van der Waals surface area contributed by atoms with Crippen LogP contribution in [-0.2, 0) is 16.4 Å². The molecule has 0 spiro atoms. The van der Waals surface area contributed by atoms with E-state index in [4.69, 9.17) is 0 Å². The summed E-state index contributed by atoms with van der Waals surface area (Å²) in [4.78, 5) is 0. The van der Waals surface area contributed by atoms with Crippen molar-refractivity contribution in [2.75, 3.05) is 12.0 Å². The summed E-state index contributed by atoms with van der Waals surface area (Å²) in [6, 6.07) is 1.84. The molecule has 1 aromatic heterocycles. The Bertz CT molecular complexity index is 422. The molecule has 1 atom stereocenters. The topological polar surface area (TPSA) is 59.3 Å². The average Bonchev–Trinajstić information content (AvgIpc) is 2.62. The monoisotopic (exact) mass is 245 g/mol. The summed E-state index contributed by atoms with van der Waals surface area (Å²) < 4.78 is 23.8. The van der Waals surface area contributed by atoms with Crippen LogP contribution in [0.4, 0.5) is 0 Å². The number of aliphatic hydroxyl groups is 1. The van der Waals surface area contributed by atoms with Gasteiger partial charge in [-0.2, -0.15) is 0 Å². The highest BCUT2D eigenvalue weighted by atomic mass is 32.2. The zero-order valence-electron chi connectivity index (χ0n) is 9.76. The van der Waals surface area contributed by atoms with Crippen LogP contribution in [0.15, 0.2) is 18.5 Å². The molecule has 0 aromatic carbocycles. The summed E-state index contributed by atoms with van der Waals surface area (Å²) in [6.45, 7) is 2.46. The standard InChI is InChI=1S/C11H19NO3S/c1-3-4-11(13)10-5-6-12(9-10)7-8-16(2,14)15/h5-6,9,11,13H,3-4,7-8H2,1-2H3. The van der Waals surface area contributed by atoms with Crippen LogP contribution < -0.4 is 0 Å². The van der Waals surface area contributed by atoms with E-state index >= 15 is 0 Å². The van der Waals surface area contributed by atoms with E-state index in [2.05, 4.69) is 0 Å². The van der Waals surface area contributed by atoms with Gasteiger partial charge >= 0.3 is 0 Å². The van der Waals surface area contributed by atoms with Gasteiger partial charge in [0.25, 0.3) is 0 Å². The van der Waals surface area contributed by atoms with Gasteiger partial charge in [0.2, 0.25) is 0 Å². The average molecular weight is 245 g/mol. The zero-order valence-corrected chi connectivity index (χ0v) is 10.6. The molecule has 4 nitrogen and oxygen atoms in total. The number of rotatable bonds is 6. The van der Waals surface area contributed by atoms with Crippen molar-refractivity contribution in [2.45, 2.75) is 32.4 Å². The molecule has 92 valence electrons. The Morgan fingerprint density at radius 2 is 2.19 bits per heavy atom. The Hall–Kier alpha value is -0.810. The molecule has 0 amide bonds. The largest absolute Gasteiger partial charge is 0.388 e. The molecule has 0 fully saturated rings. The van der Waals surface area contributed by atoms with Crippen LogP contribution in [0.2, 0.25) is 0 Å². The number of sulfone groups is 1. The fraction of sp³-hybridized carbons (Fsp3) is 0.636. The Morgan fingerprint density at radius 3 is 2.75 bits per heavy atom. The predicted octanol–water partition coefficient (Wildman–Crippen LogP) is 1.37. The molecule has 0 aliphatic rings. The first-order chi connectivity index (χ1) is 7.42. The summed E-state index contributed by atoms with van der Waals surface area (Å²) in [6.07, 6.45) is 6.06. The van der Waals surface area contributed by atoms with Gasteiger partial charge in [-0.3, -0.25) is 0 Å². The molecule has 0 aliphatic carbocycles. The summed E-state index contributed by atoms with van der Waals surface area (Å²) in [5.41, 5.74) is 0.857. The van der Waals surface area contributed by atoms with E-state index in [9.17, 15) is 13.5 Å². The predicted molar refractivity (Wildman–Crippen MR) is 64.0 cm³/mol. The van der Waals surface area contributed by atoms with Gasteiger partial charge in [-0.1, -0.05) is 13.3 Å². The van der Waals surface area contributed by atoms with Gasteiger partial charge < -0.3 is 9.67 Å². The van der Waals surface area contributed by atoms with E-state index in [1.54, 1.807) is 10.8 Å². The van der Waals surface area contributed by atoms with Crippen molar-refractivity contribution < 1.29 is 13.5 Å². The van der Waals surface area contributed by atoms with Crippen molar-refractivity contribution in [2.24, 2.45) is 0 Å². The van der Waals surface area contributed by atoms with Gasteiger partial charge in [0.05, 0.1) is 11.9 Å². The highest BCUT2D eigenvalue weighted by Crippen LogP contribution is 2.18. The van der Waals surface area contributed by atoms with Crippen molar-refractivity contribution in [3.05, 3.63) is 24.0 Å². The van der Waals surface area contributed by atoms with Crippen molar-refractivity contribution in [1.82, 2.24) is 4.57 Å². The molecule has 0 saturated carbocycles. The van der Waals surface area contributed by atoms with Crippen LogP contribution in [0.5, 0.6) is 0 Å². The van der Waals surface area contributed by atoms with Crippen molar-refractivity contribution in [3.63, 3.8) is 0 Å². The molecule has 1 aromatic rings. The number of aromatic nitrogens is 1. The second-order valence-electron chi connectivity index (χ2n) is 4.12. The lowest BCUT2D eigenvalue weighted by Crippen LogP contribution is -2.09. The summed E-state index contributed by atoms with van der Waals surface area (Å²) in [5, 5.41) is 9.73. The molecule has 1 heterocycles. The van der Waals surface area contributed by atoms with E-state index in [1.807, 2.05) is 19.2 Å². The Balaban J connectivity index is 2.58. The van der Waals surface area contributed by atoms with Gasteiger partial charge in [0, 0.05) is 25.2 Å². The lowest BCUT2D eigenvalue weighted by atomic mass is 10.1. The molecular weight excluding hydrogens is 226 g/mol. The van der Waals surface area contributed by atoms with E-state index in [1.165, 1.54) is 6.26 Å². The minimum absolute atomic E-state index is 0.130. The zero-order chi connectivity index (χ0) is 12.2. The van der Waals surface area contributed by atoms with E-state index in [-0.39, 0.29) is 5.75 Å². The second-order valence-corrected chi connectivity index (χ2v) is 6.38. The highest BCUT2D eigenvalue weighted by molar-refractivity contribution is 7.90. The maximum atomic E-state index is 11.0. The summed E-state index contributed by atoms with van der Waals surface area (Å²) in [7, 11) is -2.93. The number of nitrogens with zero attached hydrogens (tertiary/aromatic N) is 1. The fourth-order valence-electron chi connectivity index (χ4n) is 1.51. The van der Waals surface area contributed by atoms with E-state index in [0.717, 1.165) is 18.4 Å². The van der Waals surface area contributed by atoms with Crippen molar-refractivity contribution >= 4 is 9.84 Å². The van der Waals surface area contributed by atoms with Gasteiger partial charge in [-0.05, 0) is 18.1 Å². The first kappa shape index (κ1) is 13.3. The van der Waals surface area contributed by atoms with Crippen LogP contribution in [0.3, 0.4) is 0 Å². The number of hydrogen-bond donors (Lipinski definition) is 1. The lowest BCUT2D eigenvalue weighted by Gasteiger charge is -2.06. The Morgan fingerprint density at radius 1 is 1.50 bits per heavy atom. The van der Waals surface area contributed by atoms with Gasteiger partial charge in [0.15, 0.2) is 0 Å². The third kappa shape index (κ3) is 4.37. The quantitative estimate of drug-likeness (QED) is 0.823. The highest BCUT2D eigenvalue weighted by Gasteiger charge is 2.08. The van der Waals surface area contributed by atoms with E-state index in [0.29, 0.717) is 6.54 Å². The minimum Gasteiger partial charge on any atom is -0.388 e. The normalized spacial score (nSPS) is 13.9. The van der Waals surface area contributed by atoms with Crippen LogP contribution in [0.1, 0.15) is 31.4 Å². The second kappa shape index (κ2) is 5.50. The maximum absolute atomic E-state index is 11.0. The Labute approximate surface area is 96.8 Å². The molecule has 0 saturated heterocycles. The fourth-order valence-corrected chi connectivity index (χ4v) is 2.05. The Kier molecular flexibility index (Phi) is 4.56. The minimum atomic E-state index is -2.93. The molecule has 16 heavy (non-hydrogen) atoms. The van der Waals surface area contributed by atoms with Crippen molar-refractivity contribution in [3.8, 4) is 0 Å². The first-order valence-electron chi connectivity index (χ1n) is 5.44. The molecule has 1 N–H and O–H groups in total.